The molecule has 1 saturated heterocycles. The summed E-state index contributed by atoms with van der Waals surface area (Å²) in [4.78, 5) is 14.2. The molecule has 1 aliphatic heterocycles. The molecule has 0 bridgehead atoms. The molecule has 0 saturated carbocycles. The summed E-state index contributed by atoms with van der Waals surface area (Å²) >= 11 is 1.95. The first-order chi connectivity index (χ1) is 8.16. The van der Waals surface area contributed by atoms with Gasteiger partial charge in [-0.25, -0.2) is 0 Å². The third kappa shape index (κ3) is 4.88. The lowest BCUT2D eigenvalue weighted by Gasteiger charge is -2.31. The first-order valence-electron chi connectivity index (χ1n) is 6.72. The number of carbonyl (C=O) groups is 1. The van der Waals surface area contributed by atoms with Crippen LogP contribution in [0.4, 0.5) is 0 Å². The van der Waals surface area contributed by atoms with Crippen molar-refractivity contribution >= 4 is 17.7 Å². The monoisotopic (exact) mass is 258 g/mol. The maximum absolute atomic E-state index is 12.3. The van der Waals surface area contributed by atoms with Crippen molar-refractivity contribution in [2.45, 2.75) is 39.2 Å². The van der Waals surface area contributed by atoms with Gasteiger partial charge in [0, 0.05) is 19.0 Å². The molecule has 100 valence electrons. The molecule has 1 heterocycles. The molecule has 1 fully saturated rings. The molecule has 0 spiro atoms. The Kier molecular flexibility index (Phi) is 6.97. The smallest absolute Gasteiger partial charge is 0.225 e. The van der Waals surface area contributed by atoms with Gasteiger partial charge in [0.2, 0.25) is 5.91 Å². The first kappa shape index (κ1) is 14.8. The molecule has 17 heavy (non-hydrogen) atoms. The van der Waals surface area contributed by atoms with Crippen LogP contribution in [0.2, 0.25) is 0 Å². The van der Waals surface area contributed by atoms with Crippen LogP contribution in [0.5, 0.6) is 0 Å². The predicted octanol–water partition coefficient (Wildman–Crippen LogP) is 1.98. The summed E-state index contributed by atoms with van der Waals surface area (Å²) in [5.74, 6) is 2.92. The van der Waals surface area contributed by atoms with Gasteiger partial charge in [0.1, 0.15) is 0 Å². The molecule has 1 unspecified atom stereocenters. The van der Waals surface area contributed by atoms with Crippen LogP contribution in [0.15, 0.2) is 0 Å². The Morgan fingerprint density at radius 3 is 2.71 bits per heavy atom. The highest BCUT2D eigenvalue weighted by Gasteiger charge is 2.25. The van der Waals surface area contributed by atoms with E-state index in [4.69, 9.17) is 0 Å². The van der Waals surface area contributed by atoms with E-state index in [9.17, 15) is 4.79 Å². The average Bonchev–Trinajstić information content (AvgIpc) is 2.38. The Morgan fingerprint density at radius 2 is 2.12 bits per heavy atom. The van der Waals surface area contributed by atoms with Crippen LogP contribution in [-0.4, -0.2) is 48.5 Å². The Morgan fingerprint density at radius 1 is 1.47 bits per heavy atom. The summed E-state index contributed by atoms with van der Waals surface area (Å²) in [6.07, 6.45) is 3.10. The molecule has 0 aromatic rings. The van der Waals surface area contributed by atoms with E-state index < -0.39 is 0 Å². The molecule has 0 radical (unpaired) electrons. The molecular formula is C13H26N2OS. The quantitative estimate of drug-likeness (QED) is 0.739. The Balaban J connectivity index is 2.33. The van der Waals surface area contributed by atoms with Crippen molar-refractivity contribution < 1.29 is 4.79 Å². The van der Waals surface area contributed by atoms with E-state index in [2.05, 4.69) is 19.2 Å². The topological polar surface area (TPSA) is 32.3 Å². The Hall–Kier alpha value is -0.220. The van der Waals surface area contributed by atoms with E-state index in [0.717, 1.165) is 38.1 Å². The molecule has 4 heteroatoms. The molecule has 1 amide bonds. The highest BCUT2D eigenvalue weighted by molar-refractivity contribution is 7.99. The fourth-order valence-corrected chi connectivity index (χ4v) is 2.96. The number of rotatable bonds is 6. The lowest BCUT2D eigenvalue weighted by molar-refractivity contribution is -0.136. The highest BCUT2D eigenvalue weighted by atomic mass is 32.2. The first-order valence-corrected chi connectivity index (χ1v) is 7.87. The molecule has 3 nitrogen and oxygen atoms in total. The van der Waals surface area contributed by atoms with Crippen LogP contribution in [0.1, 0.15) is 33.1 Å². The minimum absolute atomic E-state index is 0.252. The van der Waals surface area contributed by atoms with E-state index >= 15 is 0 Å². The second kappa shape index (κ2) is 7.98. The molecule has 0 aromatic carbocycles. The van der Waals surface area contributed by atoms with E-state index in [1.54, 1.807) is 0 Å². The zero-order valence-corrected chi connectivity index (χ0v) is 12.2. The summed E-state index contributed by atoms with van der Waals surface area (Å²) in [6.45, 7) is 6.32. The normalized spacial score (nSPS) is 19.0. The summed E-state index contributed by atoms with van der Waals surface area (Å²) in [7, 11) is 1.96. The number of thioether (sulfide) groups is 1. The minimum Gasteiger partial charge on any atom is -0.343 e. The number of hydrogen-bond acceptors (Lipinski definition) is 3. The van der Waals surface area contributed by atoms with Crippen LogP contribution < -0.4 is 5.32 Å². The van der Waals surface area contributed by atoms with Gasteiger partial charge in [0.05, 0.1) is 0 Å². The summed E-state index contributed by atoms with van der Waals surface area (Å²) in [5.41, 5.74) is 0. The van der Waals surface area contributed by atoms with Crippen molar-refractivity contribution in [2.75, 3.05) is 31.6 Å². The SMILES string of the molecule is CCSCCC(C)N(C)C(=O)C1CCNCC1. The van der Waals surface area contributed by atoms with Gasteiger partial charge in [-0.1, -0.05) is 6.92 Å². The fraction of sp³-hybridized carbons (Fsp3) is 0.923. The number of amides is 1. The van der Waals surface area contributed by atoms with Crippen molar-refractivity contribution in [3.8, 4) is 0 Å². The molecule has 0 aromatic heterocycles. The maximum atomic E-state index is 12.3. The molecular weight excluding hydrogens is 232 g/mol. The van der Waals surface area contributed by atoms with E-state index in [1.807, 2.05) is 23.7 Å². The van der Waals surface area contributed by atoms with Gasteiger partial charge in [0.25, 0.3) is 0 Å². The van der Waals surface area contributed by atoms with E-state index in [-0.39, 0.29) is 5.92 Å². The summed E-state index contributed by atoms with van der Waals surface area (Å²) in [6, 6.07) is 0.372. The van der Waals surface area contributed by atoms with Crippen LogP contribution in [0, 0.1) is 5.92 Å². The van der Waals surface area contributed by atoms with Crippen molar-refractivity contribution in [1.82, 2.24) is 10.2 Å². The van der Waals surface area contributed by atoms with Gasteiger partial charge in [-0.2, -0.15) is 11.8 Å². The van der Waals surface area contributed by atoms with E-state index in [0.29, 0.717) is 11.9 Å². The molecule has 0 aliphatic carbocycles. The summed E-state index contributed by atoms with van der Waals surface area (Å²) in [5, 5.41) is 3.31. The lowest BCUT2D eigenvalue weighted by Crippen LogP contribution is -2.43. The van der Waals surface area contributed by atoms with Gasteiger partial charge < -0.3 is 10.2 Å². The average molecular weight is 258 g/mol. The second-order valence-electron chi connectivity index (χ2n) is 4.81. The number of carbonyl (C=O) groups excluding carboxylic acids is 1. The van der Waals surface area contributed by atoms with Crippen LogP contribution in [0.25, 0.3) is 0 Å². The maximum Gasteiger partial charge on any atom is 0.225 e. The second-order valence-corrected chi connectivity index (χ2v) is 6.20. The zero-order chi connectivity index (χ0) is 12.7. The third-order valence-electron chi connectivity index (χ3n) is 3.58. The van der Waals surface area contributed by atoms with Crippen molar-refractivity contribution in [1.29, 1.82) is 0 Å². The molecule has 1 N–H and O–H groups in total. The van der Waals surface area contributed by atoms with Crippen molar-refractivity contribution in [3.63, 3.8) is 0 Å². The van der Waals surface area contributed by atoms with Gasteiger partial charge in [-0.3, -0.25) is 4.79 Å². The largest absolute Gasteiger partial charge is 0.343 e. The number of nitrogens with zero attached hydrogens (tertiary/aromatic N) is 1. The third-order valence-corrected chi connectivity index (χ3v) is 4.51. The minimum atomic E-state index is 0.252. The van der Waals surface area contributed by atoms with Gasteiger partial charge in [0.15, 0.2) is 0 Å². The van der Waals surface area contributed by atoms with Gasteiger partial charge >= 0.3 is 0 Å². The van der Waals surface area contributed by atoms with Gasteiger partial charge in [-0.05, 0) is 50.8 Å². The zero-order valence-electron chi connectivity index (χ0n) is 11.4. The predicted molar refractivity (Wildman–Crippen MR) is 75.4 cm³/mol. The number of piperidine rings is 1. The van der Waals surface area contributed by atoms with Crippen LogP contribution >= 0.6 is 11.8 Å². The van der Waals surface area contributed by atoms with E-state index in [1.165, 1.54) is 5.75 Å². The Bertz CT molecular complexity index is 229. The number of hydrogen-bond donors (Lipinski definition) is 1. The fourth-order valence-electron chi connectivity index (χ4n) is 2.17. The number of nitrogens with one attached hydrogen (secondary N) is 1. The van der Waals surface area contributed by atoms with Crippen molar-refractivity contribution in [2.24, 2.45) is 5.92 Å². The molecule has 1 rings (SSSR count). The summed E-state index contributed by atoms with van der Waals surface area (Å²) < 4.78 is 0. The molecule has 1 atom stereocenters. The van der Waals surface area contributed by atoms with Crippen molar-refractivity contribution in [3.05, 3.63) is 0 Å². The van der Waals surface area contributed by atoms with Gasteiger partial charge in [-0.15, -0.1) is 0 Å². The van der Waals surface area contributed by atoms with Crippen LogP contribution in [0.3, 0.4) is 0 Å². The lowest BCUT2D eigenvalue weighted by atomic mass is 9.96. The van der Waals surface area contributed by atoms with Crippen LogP contribution in [-0.2, 0) is 4.79 Å². The molecule has 1 aliphatic rings. The standard InChI is InChI=1S/C13H26N2OS/c1-4-17-10-7-11(2)15(3)13(16)12-5-8-14-9-6-12/h11-12,14H,4-10H2,1-3H3. The highest BCUT2D eigenvalue weighted by Crippen LogP contribution is 2.17. The Labute approximate surface area is 110 Å².